The van der Waals surface area contributed by atoms with Gasteiger partial charge in [0.1, 0.15) is 0 Å². The molecule has 0 aliphatic carbocycles. The minimum atomic E-state index is -0.937. The van der Waals surface area contributed by atoms with Gasteiger partial charge in [0.05, 0.1) is 5.56 Å². The summed E-state index contributed by atoms with van der Waals surface area (Å²) in [5, 5.41) is 13.9. The highest BCUT2D eigenvalue weighted by molar-refractivity contribution is 8.00. The van der Waals surface area contributed by atoms with E-state index in [0.29, 0.717) is 10.9 Å². The Kier molecular flexibility index (Phi) is 2.95. The highest BCUT2D eigenvalue weighted by Gasteiger charge is 2.18. The first kappa shape index (κ1) is 11.5. The smallest absolute Gasteiger partial charge is 0.335 e. The first-order valence-electron chi connectivity index (χ1n) is 5.92. The second kappa shape index (κ2) is 4.61. The van der Waals surface area contributed by atoms with Crippen LogP contribution < -0.4 is 0 Å². The molecule has 1 aliphatic rings. The van der Waals surface area contributed by atoms with Gasteiger partial charge in [0.25, 0.3) is 0 Å². The van der Waals surface area contributed by atoms with Crippen LogP contribution in [0.4, 0.5) is 0 Å². The van der Waals surface area contributed by atoms with Crippen molar-refractivity contribution in [1.82, 2.24) is 14.6 Å². The number of aromatic nitrogens is 3. The standard InChI is InChI=1S/C12H13N3O2S/c16-12(17)8-3-4-15-11(6-8)13-10(14-15)7-9-2-1-5-18-9/h3-4,6,9H,1-2,5,7H2,(H,16,17). The molecule has 1 fully saturated rings. The lowest BCUT2D eigenvalue weighted by atomic mass is 10.2. The number of carboxylic acids is 1. The molecule has 2 aromatic rings. The molecule has 1 aliphatic heterocycles. The quantitative estimate of drug-likeness (QED) is 0.915. The van der Waals surface area contributed by atoms with Gasteiger partial charge in [0.15, 0.2) is 11.5 Å². The number of hydrogen-bond donors (Lipinski definition) is 1. The molecule has 0 spiro atoms. The minimum absolute atomic E-state index is 0.247. The van der Waals surface area contributed by atoms with E-state index in [1.54, 1.807) is 16.8 Å². The van der Waals surface area contributed by atoms with E-state index in [4.69, 9.17) is 5.11 Å². The van der Waals surface area contributed by atoms with Gasteiger partial charge in [-0.05, 0) is 30.7 Å². The second-order valence-electron chi connectivity index (χ2n) is 4.39. The summed E-state index contributed by atoms with van der Waals surface area (Å²) in [4.78, 5) is 15.3. The Labute approximate surface area is 108 Å². The van der Waals surface area contributed by atoms with E-state index in [9.17, 15) is 4.79 Å². The number of fused-ring (bicyclic) bond motifs is 1. The number of pyridine rings is 1. The topological polar surface area (TPSA) is 67.5 Å². The normalized spacial score (nSPS) is 19.4. The zero-order valence-corrected chi connectivity index (χ0v) is 10.6. The van der Waals surface area contributed by atoms with Crippen molar-refractivity contribution in [1.29, 1.82) is 0 Å². The fourth-order valence-electron chi connectivity index (χ4n) is 2.16. The maximum atomic E-state index is 10.9. The van der Waals surface area contributed by atoms with Crippen molar-refractivity contribution in [3.63, 3.8) is 0 Å². The van der Waals surface area contributed by atoms with Crippen LogP contribution in [0, 0.1) is 0 Å². The average molecular weight is 263 g/mol. The van der Waals surface area contributed by atoms with Crippen molar-refractivity contribution in [3.8, 4) is 0 Å². The number of aromatic carboxylic acids is 1. The van der Waals surface area contributed by atoms with Gasteiger partial charge in [0, 0.05) is 17.9 Å². The van der Waals surface area contributed by atoms with Gasteiger partial charge in [-0.2, -0.15) is 16.9 Å². The maximum absolute atomic E-state index is 10.9. The van der Waals surface area contributed by atoms with Gasteiger partial charge >= 0.3 is 5.97 Å². The van der Waals surface area contributed by atoms with Gasteiger partial charge in [-0.1, -0.05) is 0 Å². The summed E-state index contributed by atoms with van der Waals surface area (Å²) in [5.41, 5.74) is 0.851. The van der Waals surface area contributed by atoms with Crippen LogP contribution in [0.3, 0.4) is 0 Å². The molecule has 3 heterocycles. The SMILES string of the molecule is O=C(O)c1ccn2nc(CC3CCCS3)nc2c1. The number of hydrogen-bond acceptors (Lipinski definition) is 4. The molecule has 2 aromatic heterocycles. The van der Waals surface area contributed by atoms with Gasteiger partial charge in [-0.3, -0.25) is 0 Å². The summed E-state index contributed by atoms with van der Waals surface area (Å²) in [6, 6.07) is 3.10. The molecule has 0 radical (unpaired) electrons. The Balaban J connectivity index is 1.87. The molecule has 1 unspecified atom stereocenters. The lowest BCUT2D eigenvalue weighted by Crippen LogP contribution is -2.03. The maximum Gasteiger partial charge on any atom is 0.335 e. The molecule has 94 valence electrons. The second-order valence-corrected chi connectivity index (χ2v) is 5.80. The van der Waals surface area contributed by atoms with Gasteiger partial charge in [-0.15, -0.1) is 0 Å². The van der Waals surface area contributed by atoms with Crippen molar-refractivity contribution >= 4 is 23.4 Å². The predicted octanol–water partition coefficient (Wildman–Crippen LogP) is 1.87. The van der Waals surface area contributed by atoms with Gasteiger partial charge in [-0.25, -0.2) is 14.3 Å². The van der Waals surface area contributed by atoms with E-state index in [-0.39, 0.29) is 5.56 Å². The van der Waals surface area contributed by atoms with Crippen molar-refractivity contribution < 1.29 is 9.90 Å². The monoisotopic (exact) mass is 263 g/mol. The zero-order chi connectivity index (χ0) is 12.5. The minimum Gasteiger partial charge on any atom is -0.478 e. The van der Waals surface area contributed by atoms with E-state index in [0.717, 1.165) is 12.2 Å². The van der Waals surface area contributed by atoms with Crippen LogP contribution in [-0.2, 0) is 6.42 Å². The lowest BCUT2D eigenvalue weighted by molar-refractivity contribution is 0.0697. The highest BCUT2D eigenvalue weighted by Crippen LogP contribution is 2.28. The molecule has 1 saturated heterocycles. The highest BCUT2D eigenvalue weighted by atomic mass is 32.2. The lowest BCUT2D eigenvalue weighted by Gasteiger charge is -2.02. The van der Waals surface area contributed by atoms with E-state index in [1.165, 1.54) is 24.7 Å². The third-order valence-corrected chi connectivity index (χ3v) is 4.46. The zero-order valence-electron chi connectivity index (χ0n) is 9.74. The van der Waals surface area contributed by atoms with Crippen molar-refractivity contribution in [2.45, 2.75) is 24.5 Å². The Bertz CT molecular complexity index is 590. The number of thioether (sulfide) groups is 1. The molecule has 1 atom stereocenters. The van der Waals surface area contributed by atoms with E-state index >= 15 is 0 Å². The van der Waals surface area contributed by atoms with Crippen LogP contribution in [0.25, 0.3) is 5.65 Å². The Morgan fingerprint density at radius 2 is 2.50 bits per heavy atom. The number of rotatable bonds is 3. The third kappa shape index (κ3) is 2.20. The first-order valence-corrected chi connectivity index (χ1v) is 6.97. The fourth-order valence-corrected chi connectivity index (χ4v) is 3.42. The van der Waals surface area contributed by atoms with Crippen LogP contribution in [-0.4, -0.2) is 36.7 Å². The number of carbonyl (C=O) groups is 1. The van der Waals surface area contributed by atoms with E-state index in [2.05, 4.69) is 10.1 Å². The summed E-state index contributed by atoms with van der Waals surface area (Å²) in [5.74, 6) is 1.09. The summed E-state index contributed by atoms with van der Waals surface area (Å²) in [6.45, 7) is 0. The van der Waals surface area contributed by atoms with Gasteiger partial charge in [0.2, 0.25) is 0 Å². The van der Waals surface area contributed by atoms with Crippen LogP contribution in [0.2, 0.25) is 0 Å². The molecular weight excluding hydrogens is 250 g/mol. The van der Waals surface area contributed by atoms with Crippen molar-refractivity contribution in [2.24, 2.45) is 0 Å². The van der Waals surface area contributed by atoms with E-state index in [1.807, 2.05) is 11.8 Å². The Hall–Kier alpha value is -1.56. The third-order valence-electron chi connectivity index (χ3n) is 3.06. The Morgan fingerprint density at radius 1 is 1.61 bits per heavy atom. The Morgan fingerprint density at radius 3 is 3.22 bits per heavy atom. The average Bonchev–Trinajstić information content (AvgIpc) is 2.96. The molecule has 0 bridgehead atoms. The van der Waals surface area contributed by atoms with Crippen LogP contribution in [0.15, 0.2) is 18.3 Å². The number of carboxylic acid groups (broad SMARTS) is 1. The molecule has 18 heavy (non-hydrogen) atoms. The van der Waals surface area contributed by atoms with E-state index < -0.39 is 5.97 Å². The van der Waals surface area contributed by atoms with Crippen LogP contribution >= 0.6 is 11.8 Å². The molecule has 1 N–H and O–H groups in total. The molecular formula is C12H13N3O2S. The van der Waals surface area contributed by atoms with Crippen LogP contribution in [0.1, 0.15) is 29.0 Å². The largest absolute Gasteiger partial charge is 0.478 e. The molecule has 6 heteroatoms. The fraction of sp³-hybridized carbons (Fsp3) is 0.417. The molecule has 5 nitrogen and oxygen atoms in total. The summed E-state index contributed by atoms with van der Waals surface area (Å²) < 4.78 is 1.64. The molecule has 3 rings (SSSR count). The predicted molar refractivity (Wildman–Crippen MR) is 69.1 cm³/mol. The summed E-state index contributed by atoms with van der Waals surface area (Å²) in [6.07, 6.45) is 5.01. The van der Waals surface area contributed by atoms with Crippen molar-refractivity contribution in [2.75, 3.05) is 5.75 Å². The molecule has 0 amide bonds. The first-order chi connectivity index (χ1) is 8.72. The molecule has 0 aromatic carbocycles. The van der Waals surface area contributed by atoms with Crippen LogP contribution in [0.5, 0.6) is 0 Å². The molecule has 0 saturated carbocycles. The number of nitrogens with zero attached hydrogens (tertiary/aromatic N) is 3. The summed E-state index contributed by atoms with van der Waals surface area (Å²) >= 11 is 1.97. The van der Waals surface area contributed by atoms with Crippen molar-refractivity contribution in [3.05, 3.63) is 29.7 Å². The van der Waals surface area contributed by atoms with Gasteiger partial charge < -0.3 is 5.11 Å². The summed E-state index contributed by atoms with van der Waals surface area (Å²) in [7, 11) is 0.